The molecule has 1 aliphatic rings. The van der Waals surface area contributed by atoms with Gasteiger partial charge in [-0.3, -0.25) is 9.48 Å². The molecule has 1 unspecified atom stereocenters. The third-order valence-corrected chi connectivity index (χ3v) is 3.34. The number of nitrogens with two attached hydrogens (primary N) is 1. The SMILES string of the molecule is CC(N)CC(=O)NCc1ccn(C2CCCC2)n1.Cl. The fraction of sp³-hybridized carbons (Fsp3) is 0.692. The molecule has 108 valence electrons. The summed E-state index contributed by atoms with van der Waals surface area (Å²) in [5.41, 5.74) is 6.49. The van der Waals surface area contributed by atoms with Gasteiger partial charge in [-0.05, 0) is 25.8 Å². The summed E-state index contributed by atoms with van der Waals surface area (Å²) < 4.78 is 2.04. The number of nitrogens with zero attached hydrogens (tertiary/aromatic N) is 2. The average molecular weight is 287 g/mol. The number of carbonyl (C=O) groups excluding carboxylic acids is 1. The maximum Gasteiger partial charge on any atom is 0.221 e. The monoisotopic (exact) mass is 286 g/mol. The molecular formula is C13H23ClN4O. The van der Waals surface area contributed by atoms with Crippen molar-refractivity contribution in [1.29, 1.82) is 0 Å². The molecule has 0 saturated heterocycles. The first-order valence-electron chi connectivity index (χ1n) is 6.71. The Kier molecular flexibility index (Phi) is 6.31. The molecule has 5 nitrogen and oxygen atoms in total. The second-order valence-electron chi connectivity index (χ2n) is 5.18. The molecule has 1 amide bonds. The lowest BCUT2D eigenvalue weighted by atomic mass is 10.2. The summed E-state index contributed by atoms with van der Waals surface area (Å²) in [5, 5.41) is 7.35. The number of aromatic nitrogens is 2. The molecule has 6 heteroatoms. The van der Waals surface area contributed by atoms with Crippen molar-refractivity contribution in [2.45, 2.75) is 57.7 Å². The minimum Gasteiger partial charge on any atom is -0.350 e. The number of rotatable bonds is 5. The summed E-state index contributed by atoms with van der Waals surface area (Å²) in [6.07, 6.45) is 7.42. The van der Waals surface area contributed by atoms with Crippen molar-refractivity contribution < 1.29 is 4.79 Å². The molecule has 0 aliphatic heterocycles. The van der Waals surface area contributed by atoms with Crippen molar-refractivity contribution in [2.24, 2.45) is 5.73 Å². The second-order valence-corrected chi connectivity index (χ2v) is 5.18. The number of carbonyl (C=O) groups is 1. The van der Waals surface area contributed by atoms with Gasteiger partial charge >= 0.3 is 0 Å². The highest BCUT2D eigenvalue weighted by Gasteiger charge is 2.17. The van der Waals surface area contributed by atoms with Crippen LogP contribution in [0.2, 0.25) is 0 Å². The molecule has 19 heavy (non-hydrogen) atoms. The number of hydrogen-bond acceptors (Lipinski definition) is 3. The zero-order valence-corrected chi connectivity index (χ0v) is 12.2. The first-order valence-corrected chi connectivity index (χ1v) is 6.71. The fourth-order valence-electron chi connectivity index (χ4n) is 2.40. The van der Waals surface area contributed by atoms with E-state index in [2.05, 4.69) is 10.4 Å². The topological polar surface area (TPSA) is 72.9 Å². The van der Waals surface area contributed by atoms with Crippen LogP contribution >= 0.6 is 12.4 Å². The molecule has 1 aliphatic carbocycles. The first-order chi connectivity index (χ1) is 8.65. The molecule has 1 atom stereocenters. The lowest BCUT2D eigenvalue weighted by Crippen LogP contribution is -2.29. The van der Waals surface area contributed by atoms with E-state index in [0.29, 0.717) is 19.0 Å². The van der Waals surface area contributed by atoms with Gasteiger partial charge in [0.25, 0.3) is 0 Å². The number of amides is 1. The third-order valence-electron chi connectivity index (χ3n) is 3.34. The molecule has 0 spiro atoms. The Balaban J connectivity index is 0.00000180. The van der Waals surface area contributed by atoms with Gasteiger partial charge in [0.2, 0.25) is 5.91 Å². The lowest BCUT2D eigenvalue weighted by Gasteiger charge is -2.09. The Labute approximate surface area is 120 Å². The van der Waals surface area contributed by atoms with E-state index in [9.17, 15) is 4.79 Å². The molecule has 1 heterocycles. The van der Waals surface area contributed by atoms with Crippen LogP contribution in [0.25, 0.3) is 0 Å². The molecule has 0 radical (unpaired) electrons. The molecule has 2 rings (SSSR count). The maximum atomic E-state index is 11.5. The van der Waals surface area contributed by atoms with E-state index in [1.54, 1.807) is 0 Å². The third kappa shape index (κ3) is 4.84. The molecule has 1 aromatic rings. The molecule has 0 bridgehead atoms. The Morgan fingerprint density at radius 1 is 1.58 bits per heavy atom. The average Bonchev–Trinajstić information content (AvgIpc) is 2.96. The van der Waals surface area contributed by atoms with Gasteiger partial charge in [0.1, 0.15) is 0 Å². The lowest BCUT2D eigenvalue weighted by molar-refractivity contribution is -0.121. The summed E-state index contributed by atoms with van der Waals surface area (Å²) in [6, 6.07) is 2.43. The Hall–Kier alpha value is -1.07. The predicted octanol–water partition coefficient (Wildman–Crippen LogP) is 1.77. The van der Waals surface area contributed by atoms with Gasteiger partial charge in [0, 0.05) is 18.7 Å². The number of hydrogen-bond donors (Lipinski definition) is 2. The molecule has 1 fully saturated rings. The van der Waals surface area contributed by atoms with Gasteiger partial charge in [-0.1, -0.05) is 12.8 Å². The normalized spacial score (nSPS) is 16.9. The zero-order chi connectivity index (χ0) is 13.0. The number of nitrogens with one attached hydrogen (secondary N) is 1. The van der Waals surface area contributed by atoms with Crippen LogP contribution in [0.1, 0.15) is 50.8 Å². The van der Waals surface area contributed by atoms with E-state index in [1.165, 1.54) is 25.7 Å². The van der Waals surface area contributed by atoms with Crippen LogP contribution in [-0.4, -0.2) is 21.7 Å². The quantitative estimate of drug-likeness (QED) is 0.866. The minimum atomic E-state index is -0.0963. The standard InChI is InChI=1S/C13H22N4O.ClH/c1-10(14)8-13(18)15-9-11-6-7-17(16-11)12-4-2-3-5-12;/h6-7,10,12H,2-5,8-9,14H2,1H3,(H,15,18);1H. The maximum absolute atomic E-state index is 11.5. The summed E-state index contributed by atoms with van der Waals surface area (Å²) in [5.74, 6) is -0.0135. The largest absolute Gasteiger partial charge is 0.350 e. The van der Waals surface area contributed by atoms with Crippen molar-refractivity contribution >= 4 is 18.3 Å². The van der Waals surface area contributed by atoms with Gasteiger partial charge in [0.05, 0.1) is 18.3 Å². The molecule has 3 N–H and O–H groups in total. The highest BCUT2D eigenvalue weighted by Crippen LogP contribution is 2.28. The van der Waals surface area contributed by atoms with Gasteiger partial charge in [-0.2, -0.15) is 5.10 Å². The Bertz CT molecular complexity index is 399. The number of halogens is 1. The van der Waals surface area contributed by atoms with Crippen LogP contribution in [0.15, 0.2) is 12.3 Å². The van der Waals surface area contributed by atoms with Crippen molar-refractivity contribution in [3.8, 4) is 0 Å². The minimum absolute atomic E-state index is 0. The molecule has 0 aromatic carbocycles. The van der Waals surface area contributed by atoms with Crippen molar-refractivity contribution in [1.82, 2.24) is 15.1 Å². The Morgan fingerprint density at radius 2 is 2.26 bits per heavy atom. The Morgan fingerprint density at radius 3 is 2.89 bits per heavy atom. The van der Waals surface area contributed by atoms with Gasteiger partial charge in [0.15, 0.2) is 0 Å². The predicted molar refractivity (Wildman–Crippen MR) is 77.1 cm³/mol. The van der Waals surface area contributed by atoms with Crippen LogP contribution < -0.4 is 11.1 Å². The van der Waals surface area contributed by atoms with E-state index in [0.717, 1.165) is 5.69 Å². The van der Waals surface area contributed by atoms with E-state index in [-0.39, 0.29) is 24.4 Å². The smallest absolute Gasteiger partial charge is 0.221 e. The summed E-state index contributed by atoms with van der Waals surface area (Å²) in [7, 11) is 0. The van der Waals surface area contributed by atoms with E-state index >= 15 is 0 Å². The van der Waals surface area contributed by atoms with Gasteiger partial charge in [-0.25, -0.2) is 0 Å². The van der Waals surface area contributed by atoms with Gasteiger partial charge in [-0.15, -0.1) is 12.4 Å². The second kappa shape index (κ2) is 7.50. The van der Waals surface area contributed by atoms with Crippen LogP contribution in [0.4, 0.5) is 0 Å². The van der Waals surface area contributed by atoms with Crippen LogP contribution in [-0.2, 0) is 11.3 Å². The van der Waals surface area contributed by atoms with Crippen LogP contribution in [0.3, 0.4) is 0 Å². The van der Waals surface area contributed by atoms with Crippen molar-refractivity contribution in [3.05, 3.63) is 18.0 Å². The molecular weight excluding hydrogens is 264 g/mol. The van der Waals surface area contributed by atoms with Crippen molar-refractivity contribution in [3.63, 3.8) is 0 Å². The van der Waals surface area contributed by atoms with E-state index < -0.39 is 0 Å². The van der Waals surface area contributed by atoms with E-state index in [1.807, 2.05) is 23.9 Å². The highest BCUT2D eigenvalue weighted by molar-refractivity contribution is 5.85. The highest BCUT2D eigenvalue weighted by atomic mass is 35.5. The van der Waals surface area contributed by atoms with Crippen LogP contribution in [0, 0.1) is 0 Å². The van der Waals surface area contributed by atoms with Crippen molar-refractivity contribution in [2.75, 3.05) is 0 Å². The molecule has 1 aromatic heterocycles. The summed E-state index contributed by atoms with van der Waals surface area (Å²) in [6.45, 7) is 2.32. The van der Waals surface area contributed by atoms with E-state index in [4.69, 9.17) is 5.73 Å². The van der Waals surface area contributed by atoms with Gasteiger partial charge < -0.3 is 11.1 Å². The summed E-state index contributed by atoms with van der Waals surface area (Å²) in [4.78, 5) is 11.5. The fourth-order valence-corrected chi connectivity index (χ4v) is 2.40. The van der Waals surface area contributed by atoms with Crippen LogP contribution in [0.5, 0.6) is 0 Å². The molecule has 1 saturated carbocycles. The summed E-state index contributed by atoms with van der Waals surface area (Å²) >= 11 is 0. The first kappa shape index (κ1) is 16.0. The zero-order valence-electron chi connectivity index (χ0n) is 11.3.